The predicted molar refractivity (Wildman–Crippen MR) is 104 cm³/mol. The van der Waals surface area contributed by atoms with E-state index in [1.54, 1.807) is 0 Å². The van der Waals surface area contributed by atoms with Gasteiger partial charge < -0.3 is 26.8 Å². The minimum absolute atomic E-state index is 0. The van der Waals surface area contributed by atoms with Crippen molar-refractivity contribution in [1.29, 1.82) is 0 Å². The molecule has 0 aliphatic carbocycles. The number of hydrogen-bond donors (Lipinski definition) is 1. The number of hydrogen-bond acceptors (Lipinski definition) is 2. The number of unbranched alkanes of at least 4 members (excludes halogenated alkanes) is 9. The van der Waals surface area contributed by atoms with E-state index in [2.05, 4.69) is 30.9 Å². The minimum Gasteiger partial charge on any atom is -1.00 e. The zero-order valence-electron chi connectivity index (χ0n) is 17.0. The second kappa shape index (κ2) is 18.0. The fourth-order valence-electron chi connectivity index (χ4n) is 3.14. The standard InChI is InChI=1S/C21H41N2O2.BrH/c1-3-5-6-7-8-9-10-11-12-13-17-25-19-21(24)18-23-16-15-22(20-23)14-4-2;/h15-16,20-21,24H,3-14,17-19H2,1-2H3;1H/q+1;/p-1. The van der Waals surface area contributed by atoms with Crippen LogP contribution in [-0.4, -0.2) is 29.0 Å². The molecule has 154 valence electrons. The zero-order chi connectivity index (χ0) is 18.2. The first-order valence-electron chi connectivity index (χ1n) is 10.6. The molecule has 0 amide bonds. The summed E-state index contributed by atoms with van der Waals surface area (Å²) in [5.74, 6) is 0. The molecule has 0 fully saturated rings. The molecule has 0 aliphatic heterocycles. The molecule has 1 atom stereocenters. The maximum absolute atomic E-state index is 10.0. The summed E-state index contributed by atoms with van der Waals surface area (Å²) in [6.45, 7) is 7.27. The molecule has 0 saturated heterocycles. The zero-order valence-corrected chi connectivity index (χ0v) is 18.6. The van der Waals surface area contributed by atoms with Crippen LogP contribution in [0.2, 0.25) is 0 Å². The number of aliphatic hydroxyl groups is 1. The van der Waals surface area contributed by atoms with Crippen LogP contribution in [0.25, 0.3) is 0 Å². The molecule has 0 saturated carbocycles. The van der Waals surface area contributed by atoms with Crippen LogP contribution in [0.3, 0.4) is 0 Å². The van der Waals surface area contributed by atoms with E-state index in [1.165, 1.54) is 57.8 Å². The van der Waals surface area contributed by atoms with Gasteiger partial charge in [0.25, 0.3) is 0 Å². The van der Waals surface area contributed by atoms with Gasteiger partial charge in [-0.3, -0.25) is 0 Å². The number of halogens is 1. The van der Waals surface area contributed by atoms with Gasteiger partial charge in [-0.05, 0) is 12.8 Å². The quantitative estimate of drug-likeness (QED) is 0.299. The number of imidazole rings is 1. The summed E-state index contributed by atoms with van der Waals surface area (Å²) in [6, 6.07) is 0. The molecule has 26 heavy (non-hydrogen) atoms. The maximum Gasteiger partial charge on any atom is 0.243 e. The molecular weight excluding hydrogens is 392 g/mol. The fourth-order valence-corrected chi connectivity index (χ4v) is 3.14. The lowest BCUT2D eigenvalue weighted by molar-refractivity contribution is -0.703. The highest BCUT2D eigenvalue weighted by Gasteiger charge is 2.10. The van der Waals surface area contributed by atoms with Crippen molar-refractivity contribution in [3.05, 3.63) is 18.7 Å². The Hall–Kier alpha value is -0.390. The highest BCUT2D eigenvalue weighted by Crippen LogP contribution is 2.10. The van der Waals surface area contributed by atoms with E-state index < -0.39 is 6.10 Å². The average Bonchev–Trinajstić information content (AvgIpc) is 3.03. The summed E-state index contributed by atoms with van der Waals surface area (Å²) in [4.78, 5) is 0. The van der Waals surface area contributed by atoms with Crippen LogP contribution in [0.15, 0.2) is 18.7 Å². The van der Waals surface area contributed by atoms with Crippen LogP contribution in [0.4, 0.5) is 0 Å². The van der Waals surface area contributed by atoms with Crippen molar-refractivity contribution >= 4 is 0 Å². The smallest absolute Gasteiger partial charge is 0.243 e. The van der Waals surface area contributed by atoms with Crippen molar-refractivity contribution in [1.82, 2.24) is 4.57 Å². The molecule has 1 heterocycles. The highest BCUT2D eigenvalue weighted by molar-refractivity contribution is 4.66. The van der Waals surface area contributed by atoms with E-state index in [-0.39, 0.29) is 17.0 Å². The van der Waals surface area contributed by atoms with Crippen molar-refractivity contribution in [3.63, 3.8) is 0 Å². The lowest BCUT2D eigenvalue weighted by Gasteiger charge is -2.09. The van der Waals surface area contributed by atoms with Gasteiger partial charge in [0.2, 0.25) is 6.33 Å². The van der Waals surface area contributed by atoms with Crippen molar-refractivity contribution in [2.45, 2.75) is 104 Å². The summed E-state index contributed by atoms with van der Waals surface area (Å²) in [6.07, 6.45) is 20.2. The number of ether oxygens (including phenoxy) is 1. The third kappa shape index (κ3) is 13.8. The van der Waals surface area contributed by atoms with E-state index in [0.29, 0.717) is 13.2 Å². The third-order valence-electron chi connectivity index (χ3n) is 4.60. The number of rotatable bonds is 17. The van der Waals surface area contributed by atoms with Crippen LogP contribution < -0.4 is 21.5 Å². The second-order valence-electron chi connectivity index (χ2n) is 7.26. The number of aryl methyl sites for hydroxylation is 1. The molecule has 0 aliphatic rings. The fraction of sp³-hybridized carbons (Fsp3) is 0.857. The highest BCUT2D eigenvalue weighted by atomic mass is 79.9. The summed E-state index contributed by atoms with van der Waals surface area (Å²) < 4.78 is 9.81. The van der Waals surface area contributed by atoms with Gasteiger partial charge in [-0.15, -0.1) is 0 Å². The molecule has 1 rings (SSSR count). The van der Waals surface area contributed by atoms with Gasteiger partial charge in [0, 0.05) is 6.61 Å². The first-order valence-corrected chi connectivity index (χ1v) is 10.6. The van der Waals surface area contributed by atoms with Crippen molar-refractivity contribution < 1.29 is 31.4 Å². The lowest BCUT2D eigenvalue weighted by Crippen LogP contribution is -3.00. The number of aromatic nitrogens is 2. The predicted octanol–water partition coefficient (Wildman–Crippen LogP) is 1.49. The van der Waals surface area contributed by atoms with Crippen LogP contribution in [0.1, 0.15) is 84.5 Å². The second-order valence-corrected chi connectivity index (χ2v) is 7.26. The van der Waals surface area contributed by atoms with Crippen molar-refractivity contribution in [3.8, 4) is 0 Å². The average molecular weight is 433 g/mol. The molecule has 0 spiro atoms. The SMILES string of the molecule is CCCCCCCCCCCCOCC(O)C[n+]1ccn(CCC)c1.[Br-]. The van der Waals surface area contributed by atoms with Crippen molar-refractivity contribution in [2.24, 2.45) is 0 Å². The monoisotopic (exact) mass is 432 g/mol. The molecule has 1 N–H and O–H groups in total. The normalized spacial score (nSPS) is 12.1. The Bertz CT molecular complexity index is 412. The Labute approximate surface area is 171 Å². The molecule has 1 aromatic rings. The van der Waals surface area contributed by atoms with Crippen LogP contribution in [0, 0.1) is 0 Å². The molecule has 4 nitrogen and oxygen atoms in total. The maximum atomic E-state index is 10.0. The minimum atomic E-state index is -0.425. The summed E-state index contributed by atoms with van der Waals surface area (Å²) in [7, 11) is 0. The first kappa shape index (κ1) is 25.6. The van der Waals surface area contributed by atoms with Crippen LogP contribution in [-0.2, 0) is 17.8 Å². The third-order valence-corrected chi connectivity index (χ3v) is 4.60. The van der Waals surface area contributed by atoms with E-state index >= 15 is 0 Å². The molecule has 0 radical (unpaired) electrons. The van der Waals surface area contributed by atoms with Gasteiger partial charge in [0.15, 0.2) is 0 Å². The molecule has 0 bridgehead atoms. The number of nitrogens with zero attached hydrogens (tertiary/aromatic N) is 2. The Morgan fingerprint density at radius 3 is 2.15 bits per heavy atom. The van der Waals surface area contributed by atoms with E-state index in [4.69, 9.17) is 4.74 Å². The number of aliphatic hydroxyl groups excluding tert-OH is 1. The summed E-state index contributed by atoms with van der Waals surface area (Å²) >= 11 is 0. The van der Waals surface area contributed by atoms with Crippen LogP contribution in [0.5, 0.6) is 0 Å². The summed E-state index contributed by atoms with van der Waals surface area (Å²) in [5, 5.41) is 10.0. The van der Waals surface area contributed by atoms with Gasteiger partial charge in [-0.1, -0.05) is 71.6 Å². The van der Waals surface area contributed by atoms with E-state index in [1.807, 2.05) is 10.8 Å². The Kier molecular flexibility index (Phi) is 17.7. The largest absolute Gasteiger partial charge is 1.00 e. The van der Waals surface area contributed by atoms with Gasteiger partial charge in [0.05, 0.1) is 13.2 Å². The van der Waals surface area contributed by atoms with E-state index in [9.17, 15) is 5.11 Å². The van der Waals surface area contributed by atoms with Gasteiger partial charge in [-0.25, -0.2) is 9.13 Å². The Balaban J connectivity index is 0.00000625. The molecule has 1 unspecified atom stereocenters. The first-order chi connectivity index (χ1) is 12.3. The molecule has 1 aromatic heterocycles. The van der Waals surface area contributed by atoms with Crippen molar-refractivity contribution in [2.75, 3.05) is 13.2 Å². The topological polar surface area (TPSA) is 38.3 Å². The molecule has 5 heteroatoms. The lowest BCUT2D eigenvalue weighted by atomic mass is 10.1. The Morgan fingerprint density at radius 1 is 0.923 bits per heavy atom. The molecule has 0 aromatic carbocycles. The van der Waals surface area contributed by atoms with Crippen LogP contribution >= 0.6 is 0 Å². The van der Waals surface area contributed by atoms with Gasteiger partial charge in [0.1, 0.15) is 25.0 Å². The summed E-state index contributed by atoms with van der Waals surface area (Å²) in [5.41, 5.74) is 0. The van der Waals surface area contributed by atoms with E-state index in [0.717, 1.165) is 26.0 Å². The Morgan fingerprint density at radius 2 is 1.54 bits per heavy atom. The van der Waals surface area contributed by atoms with Gasteiger partial charge >= 0.3 is 0 Å². The molecular formula is C21H41BrN2O2. The van der Waals surface area contributed by atoms with Gasteiger partial charge in [-0.2, -0.15) is 0 Å².